The molecule has 1 saturated heterocycles. The summed E-state index contributed by atoms with van der Waals surface area (Å²) in [5.74, 6) is 1.37. The molecule has 1 aliphatic heterocycles. The summed E-state index contributed by atoms with van der Waals surface area (Å²) >= 11 is 6.07. The summed E-state index contributed by atoms with van der Waals surface area (Å²) < 4.78 is 0. The van der Waals surface area contributed by atoms with Crippen LogP contribution in [0.2, 0.25) is 5.02 Å². The zero-order valence-electron chi connectivity index (χ0n) is 12.4. The summed E-state index contributed by atoms with van der Waals surface area (Å²) in [7, 11) is 0. The van der Waals surface area contributed by atoms with E-state index in [4.69, 9.17) is 11.6 Å². The lowest BCUT2D eigenvalue weighted by molar-refractivity contribution is -0.117. The molecule has 1 heterocycles. The van der Waals surface area contributed by atoms with Gasteiger partial charge in [0.2, 0.25) is 5.91 Å². The van der Waals surface area contributed by atoms with E-state index in [1.165, 1.54) is 6.42 Å². The molecule has 0 bridgehead atoms. The second kappa shape index (κ2) is 6.59. The molecule has 110 valence electrons. The van der Waals surface area contributed by atoms with E-state index in [2.05, 4.69) is 24.1 Å². The molecular weight excluding hydrogens is 272 g/mol. The third-order valence-electron chi connectivity index (χ3n) is 3.85. The van der Waals surface area contributed by atoms with Crippen LogP contribution in [0.25, 0.3) is 0 Å². The molecule has 1 fully saturated rings. The van der Waals surface area contributed by atoms with Crippen molar-refractivity contribution >= 4 is 23.2 Å². The van der Waals surface area contributed by atoms with Crippen molar-refractivity contribution in [2.24, 2.45) is 11.8 Å². The van der Waals surface area contributed by atoms with Gasteiger partial charge in [0, 0.05) is 23.8 Å². The van der Waals surface area contributed by atoms with Crippen molar-refractivity contribution in [3.8, 4) is 0 Å². The molecule has 0 aliphatic carbocycles. The Morgan fingerprint density at radius 1 is 1.35 bits per heavy atom. The highest BCUT2D eigenvalue weighted by Crippen LogP contribution is 2.23. The van der Waals surface area contributed by atoms with Crippen LogP contribution in [0.1, 0.15) is 25.8 Å². The maximum atomic E-state index is 12.2. The van der Waals surface area contributed by atoms with Crippen LogP contribution in [0.5, 0.6) is 0 Å². The molecule has 0 unspecified atom stereocenters. The van der Waals surface area contributed by atoms with Gasteiger partial charge in [0.1, 0.15) is 0 Å². The number of carbonyl (C=O) groups is 1. The second-order valence-corrected chi connectivity index (χ2v) is 6.51. The molecule has 1 aromatic rings. The lowest BCUT2D eigenvalue weighted by Gasteiger charge is -2.34. The van der Waals surface area contributed by atoms with Crippen molar-refractivity contribution in [1.82, 2.24) is 4.90 Å². The average Bonchev–Trinajstić information content (AvgIpc) is 2.33. The standard InChI is InChI=1S/C16H23ClN2O/c1-11-7-12(2)9-19(8-11)10-16(20)18-15-6-4-5-14(17)13(15)3/h4-6,11-12H,7-10H2,1-3H3,(H,18,20)/t11-,12-/m0/s1. The normalized spacial score (nSPS) is 23.6. The van der Waals surface area contributed by atoms with E-state index in [-0.39, 0.29) is 5.91 Å². The number of rotatable bonds is 3. The Bertz CT molecular complexity index is 479. The number of halogens is 1. The van der Waals surface area contributed by atoms with Crippen molar-refractivity contribution in [3.05, 3.63) is 28.8 Å². The Morgan fingerprint density at radius 3 is 2.65 bits per heavy atom. The van der Waals surface area contributed by atoms with Crippen molar-refractivity contribution in [2.45, 2.75) is 27.2 Å². The van der Waals surface area contributed by atoms with Gasteiger partial charge in [-0.2, -0.15) is 0 Å². The number of hydrogen-bond donors (Lipinski definition) is 1. The number of carbonyl (C=O) groups excluding carboxylic acids is 1. The Hall–Kier alpha value is -1.06. The number of nitrogens with one attached hydrogen (secondary N) is 1. The van der Waals surface area contributed by atoms with Gasteiger partial charge in [0.25, 0.3) is 0 Å². The minimum Gasteiger partial charge on any atom is -0.325 e. The topological polar surface area (TPSA) is 32.3 Å². The van der Waals surface area contributed by atoms with E-state index in [1.54, 1.807) is 0 Å². The Kier molecular flexibility index (Phi) is 5.06. The second-order valence-electron chi connectivity index (χ2n) is 6.10. The summed E-state index contributed by atoms with van der Waals surface area (Å²) in [5, 5.41) is 3.65. The first-order valence-electron chi connectivity index (χ1n) is 7.23. The maximum Gasteiger partial charge on any atom is 0.238 e. The Morgan fingerprint density at radius 2 is 2.00 bits per heavy atom. The largest absolute Gasteiger partial charge is 0.325 e. The molecule has 2 rings (SSSR count). The summed E-state index contributed by atoms with van der Waals surface area (Å²) in [6.45, 7) is 8.89. The van der Waals surface area contributed by atoms with Crippen molar-refractivity contribution in [2.75, 3.05) is 25.0 Å². The first-order chi connectivity index (χ1) is 9.45. The van der Waals surface area contributed by atoms with Crippen LogP contribution in [0.3, 0.4) is 0 Å². The minimum absolute atomic E-state index is 0.0386. The van der Waals surface area contributed by atoms with Crippen molar-refractivity contribution < 1.29 is 4.79 Å². The minimum atomic E-state index is 0.0386. The average molecular weight is 295 g/mol. The molecule has 0 aromatic heterocycles. The van der Waals surface area contributed by atoms with E-state index in [9.17, 15) is 4.79 Å². The third kappa shape index (κ3) is 3.97. The number of hydrogen-bond acceptors (Lipinski definition) is 2. The van der Waals surface area contributed by atoms with Crippen LogP contribution in [0, 0.1) is 18.8 Å². The molecule has 1 aliphatic rings. The molecule has 1 amide bonds. The first kappa shape index (κ1) is 15.3. The molecule has 1 N–H and O–H groups in total. The van der Waals surface area contributed by atoms with Gasteiger partial charge >= 0.3 is 0 Å². The molecule has 0 spiro atoms. The van der Waals surface area contributed by atoms with Crippen molar-refractivity contribution in [1.29, 1.82) is 0 Å². The summed E-state index contributed by atoms with van der Waals surface area (Å²) in [5.41, 5.74) is 1.73. The molecule has 4 heteroatoms. The molecule has 0 radical (unpaired) electrons. The highest BCUT2D eigenvalue weighted by Gasteiger charge is 2.23. The van der Waals surface area contributed by atoms with Crippen LogP contribution in [-0.4, -0.2) is 30.4 Å². The summed E-state index contributed by atoms with van der Waals surface area (Å²) in [6, 6.07) is 5.58. The van der Waals surface area contributed by atoms with Crippen molar-refractivity contribution in [3.63, 3.8) is 0 Å². The zero-order valence-corrected chi connectivity index (χ0v) is 13.2. The fourth-order valence-corrected chi connectivity index (χ4v) is 3.23. The smallest absolute Gasteiger partial charge is 0.238 e. The van der Waals surface area contributed by atoms with Gasteiger partial charge in [-0.3, -0.25) is 9.69 Å². The van der Waals surface area contributed by atoms with E-state index in [0.717, 1.165) is 24.3 Å². The van der Waals surface area contributed by atoms with Gasteiger partial charge in [0.05, 0.1) is 6.54 Å². The van der Waals surface area contributed by atoms with E-state index >= 15 is 0 Å². The fourth-order valence-electron chi connectivity index (χ4n) is 3.06. The number of amides is 1. The zero-order chi connectivity index (χ0) is 14.7. The predicted molar refractivity (Wildman–Crippen MR) is 84.2 cm³/mol. The van der Waals surface area contributed by atoms with Crippen LogP contribution in [0.4, 0.5) is 5.69 Å². The molecule has 2 atom stereocenters. The van der Waals surface area contributed by atoms with Gasteiger partial charge in [-0.15, -0.1) is 0 Å². The van der Waals surface area contributed by atoms with Crippen LogP contribution in [-0.2, 0) is 4.79 Å². The molecule has 20 heavy (non-hydrogen) atoms. The molecular formula is C16H23ClN2O. The summed E-state index contributed by atoms with van der Waals surface area (Å²) in [6.07, 6.45) is 1.26. The van der Waals surface area contributed by atoms with Crippen LogP contribution >= 0.6 is 11.6 Å². The highest BCUT2D eigenvalue weighted by molar-refractivity contribution is 6.31. The van der Waals surface area contributed by atoms with Gasteiger partial charge in [0.15, 0.2) is 0 Å². The van der Waals surface area contributed by atoms with Gasteiger partial charge < -0.3 is 5.32 Å². The lowest BCUT2D eigenvalue weighted by Crippen LogP contribution is -2.42. The Labute approximate surface area is 126 Å². The fraction of sp³-hybridized carbons (Fsp3) is 0.562. The first-order valence-corrected chi connectivity index (χ1v) is 7.61. The number of likely N-dealkylation sites (tertiary alicyclic amines) is 1. The maximum absolute atomic E-state index is 12.2. The number of nitrogens with zero attached hydrogens (tertiary/aromatic N) is 1. The molecule has 3 nitrogen and oxygen atoms in total. The van der Waals surface area contributed by atoms with Crippen LogP contribution < -0.4 is 5.32 Å². The van der Waals surface area contributed by atoms with E-state index < -0.39 is 0 Å². The van der Waals surface area contributed by atoms with E-state index in [1.807, 2.05) is 25.1 Å². The number of anilines is 1. The monoisotopic (exact) mass is 294 g/mol. The lowest BCUT2D eigenvalue weighted by atomic mass is 9.92. The molecule has 0 saturated carbocycles. The number of benzene rings is 1. The SMILES string of the molecule is Cc1c(Cl)cccc1NC(=O)CN1C[C@@H](C)C[C@H](C)C1. The van der Waals surface area contributed by atoms with Gasteiger partial charge in [-0.05, 0) is 42.9 Å². The van der Waals surface area contributed by atoms with Crippen LogP contribution in [0.15, 0.2) is 18.2 Å². The quantitative estimate of drug-likeness (QED) is 0.924. The third-order valence-corrected chi connectivity index (χ3v) is 4.26. The predicted octanol–water partition coefficient (Wildman–Crippen LogP) is 3.56. The Balaban J connectivity index is 1.94. The van der Waals surface area contributed by atoms with Gasteiger partial charge in [-0.25, -0.2) is 0 Å². The number of piperidine rings is 1. The summed E-state index contributed by atoms with van der Waals surface area (Å²) in [4.78, 5) is 14.4. The van der Waals surface area contributed by atoms with E-state index in [0.29, 0.717) is 23.4 Å². The molecule has 1 aromatic carbocycles. The van der Waals surface area contributed by atoms with Gasteiger partial charge in [-0.1, -0.05) is 31.5 Å². The highest BCUT2D eigenvalue weighted by atomic mass is 35.5.